The number of rotatable bonds is 6. The van der Waals surface area contributed by atoms with E-state index in [4.69, 9.17) is 9.47 Å². The van der Waals surface area contributed by atoms with Crippen LogP contribution in [0.15, 0.2) is 66.7 Å². The van der Waals surface area contributed by atoms with Crippen molar-refractivity contribution in [2.75, 3.05) is 80.0 Å². The van der Waals surface area contributed by atoms with Gasteiger partial charge in [-0.05, 0) is 61.0 Å². The van der Waals surface area contributed by atoms with Crippen molar-refractivity contribution in [2.45, 2.75) is 6.92 Å². The number of morpholine rings is 1. The van der Waals surface area contributed by atoms with Crippen LogP contribution in [0.1, 0.15) is 15.9 Å². The predicted molar refractivity (Wildman–Crippen MR) is 154 cm³/mol. The summed E-state index contributed by atoms with van der Waals surface area (Å²) < 4.78 is 10.7. The van der Waals surface area contributed by atoms with Gasteiger partial charge in [-0.3, -0.25) is 4.79 Å². The van der Waals surface area contributed by atoms with Gasteiger partial charge < -0.3 is 34.8 Å². The molecule has 0 spiro atoms. The molecule has 0 aliphatic carbocycles. The summed E-state index contributed by atoms with van der Waals surface area (Å²) in [7, 11) is 1.60. The van der Waals surface area contributed by atoms with Crippen LogP contribution in [0, 0.1) is 6.92 Å². The highest BCUT2D eigenvalue weighted by atomic mass is 16.5. The molecule has 2 fully saturated rings. The van der Waals surface area contributed by atoms with E-state index in [1.165, 1.54) is 0 Å². The maximum Gasteiger partial charge on any atom is 0.321 e. The molecular weight excluding hydrogens is 494 g/mol. The molecule has 5 rings (SSSR count). The minimum atomic E-state index is -0.147. The first-order valence-corrected chi connectivity index (χ1v) is 13.3. The smallest absolute Gasteiger partial charge is 0.321 e. The van der Waals surface area contributed by atoms with Gasteiger partial charge in [-0.1, -0.05) is 12.1 Å². The monoisotopic (exact) mass is 529 g/mol. The maximum absolute atomic E-state index is 13.1. The maximum atomic E-state index is 13.1. The zero-order valence-electron chi connectivity index (χ0n) is 22.5. The molecule has 3 amide bonds. The third-order valence-corrected chi connectivity index (χ3v) is 7.20. The first kappa shape index (κ1) is 26.4. The van der Waals surface area contributed by atoms with E-state index in [9.17, 15) is 9.59 Å². The molecule has 0 atom stereocenters. The van der Waals surface area contributed by atoms with Crippen LogP contribution in [0.5, 0.6) is 5.75 Å². The van der Waals surface area contributed by atoms with Gasteiger partial charge in [0.15, 0.2) is 0 Å². The molecule has 0 unspecified atom stereocenters. The first-order valence-electron chi connectivity index (χ1n) is 13.3. The van der Waals surface area contributed by atoms with Crippen LogP contribution in [0.2, 0.25) is 0 Å². The molecule has 0 radical (unpaired) electrons. The molecule has 3 aromatic rings. The summed E-state index contributed by atoms with van der Waals surface area (Å²) in [6, 6.07) is 20.9. The Morgan fingerprint density at radius 3 is 2.26 bits per heavy atom. The van der Waals surface area contributed by atoms with E-state index in [-0.39, 0.29) is 11.9 Å². The Labute approximate surface area is 229 Å². The summed E-state index contributed by atoms with van der Waals surface area (Å²) in [6.45, 7) is 7.80. The minimum absolute atomic E-state index is 0.132. The van der Waals surface area contributed by atoms with Crippen LogP contribution in [0.25, 0.3) is 0 Å². The highest BCUT2D eigenvalue weighted by molar-refractivity contribution is 6.05. The van der Waals surface area contributed by atoms with E-state index in [1.807, 2.05) is 72.5 Å². The highest BCUT2D eigenvalue weighted by Crippen LogP contribution is 2.25. The Hall–Kier alpha value is -4.24. The van der Waals surface area contributed by atoms with Crippen molar-refractivity contribution in [3.05, 3.63) is 77.9 Å². The van der Waals surface area contributed by atoms with Crippen LogP contribution in [-0.2, 0) is 4.74 Å². The summed E-state index contributed by atoms with van der Waals surface area (Å²) >= 11 is 0. The fourth-order valence-corrected chi connectivity index (χ4v) is 4.93. The summed E-state index contributed by atoms with van der Waals surface area (Å²) in [5, 5.41) is 5.97. The van der Waals surface area contributed by atoms with Crippen molar-refractivity contribution < 1.29 is 19.1 Å². The number of ether oxygens (including phenoxy) is 2. The van der Waals surface area contributed by atoms with Gasteiger partial charge in [0, 0.05) is 73.6 Å². The number of hydrogen-bond donors (Lipinski definition) is 2. The van der Waals surface area contributed by atoms with Crippen molar-refractivity contribution >= 4 is 34.7 Å². The molecule has 2 N–H and O–H groups in total. The average molecular weight is 530 g/mol. The SMILES string of the molecule is COc1cccc(NC(=O)N2CCN(c3cc(C(=O)Nc4ccc(N5CCOCC5)cc4)ccc3C)CC2)c1. The van der Waals surface area contributed by atoms with Crippen molar-refractivity contribution in [1.29, 1.82) is 0 Å². The molecule has 0 aromatic heterocycles. The number of carbonyl (C=O) groups excluding carboxylic acids is 2. The van der Waals surface area contributed by atoms with E-state index < -0.39 is 0 Å². The van der Waals surface area contributed by atoms with Gasteiger partial charge in [0.05, 0.1) is 20.3 Å². The van der Waals surface area contributed by atoms with Crippen molar-refractivity contribution in [3.8, 4) is 5.75 Å². The number of benzene rings is 3. The van der Waals surface area contributed by atoms with Gasteiger partial charge in [0.1, 0.15) is 5.75 Å². The fourth-order valence-electron chi connectivity index (χ4n) is 4.93. The molecule has 39 heavy (non-hydrogen) atoms. The van der Waals surface area contributed by atoms with Crippen LogP contribution >= 0.6 is 0 Å². The Balaban J connectivity index is 1.18. The molecule has 0 bridgehead atoms. The molecule has 2 heterocycles. The summed E-state index contributed by atoms with van der Waals surface area (Å²) in [4.78, 5) is 32.2. The Morgan fingerprint density at radius 2 is 1.54 bits per heavy atom. The lowest BCUT2D eigenvalue weighted by molar-refractivity contribution is 0.102. The van der Waals surface area contributed by atoms with Gasteiger partial charge in [-0.15, -0.1) is 0 Å². The van der Waals surface area contributed by atoms with Crippen molar-refractivity contribution in [2.24, 2.45) is 0 Å². The molecular formula is C30H35N5O4. The van der Waals surface area contributed by atoms with Crippen molar-refractivity contribution in [1.82, 2.24) is 4.90 Å². The van der Waals surface area contributed by atoms with Crippen LogP contribution in [0.4, 0.5) is 27.5 Å². The van der Waals surface area contributed by atoms with E-state index in [1.54, 1.807) is 13.2 Å². The lowest BCUT2D eigenvalue weighted by atomic mass is 10.1. The number of aryl methyl sites for hydroxylation is 1. The second-order valence-electron chi connectivity index (χ2n) is 9.74. The van der Waals surface area contributed by atoms with Crippen LogP contribution in [-0.4, -0.2) is 76.4 Å². The topological polar surface area (TPSA) is 86.4 Å². The fraction of sp³-hybridized carbons (Fsp3) is 0.333. The van der Waals surface area contributed by atoms with Crippen LogP contribution < -0.4 is 25.2 Å². The zero-order chi connectivity index (χ0) is 27.2. The lowest BCUT2D eigenvalue weighted by Crippen LogP contribution is -2.50. The molecule has 2 aliphatic rings. The number of carbonyl (C=O) groups is 2. The van der Waals surface area contributed by atoms with E-state index in [2.05, 4.69) is 20.4 Å². The second-order valence-corrected chi connectivity index (χ2v) is 9.74. The van der Waals surface area contributed by atoms with Gasteiger partial charge >= 0.3 is 6.03 Å². The van der Waals surface area contributed by atoms with Gasteiger partial charge in [0.25, 0.3) is 5.91 Å². The lowest BCUT2D eigenvalue weighted by Gasteiger charge is -2.37. The third kappa shape index (κ3) is 6.43. The molecule has 0 saturated carbocycles. The average Bonchev–Trinajstić information content (AvgIpc) is 2.98. The Morgan fingerprint density at radius 1 is 0.795 bits per heavy atom. The zero-order valence-corrected chi connectivity index (χ0v) is 22.5. The number of methoxy groups -OCH3 is 1. The first-order chi connectivity index (χ1) is 19.0. The molecule has 9 nitrogen and oxygen atoms in total. The van der Waals surface area contributed by atoms with Crippen LogP contribution in [0.3, 0.4) is 0 Å². The van der Waals surface area contributed by atoms with E-state index in [0.717, 1.165) is 48.9 Å². The Kier molecular flexibility index (Phi) is 8.17. The number of urea groups is 1. The number of nitrogens with zero attached hydrogens (tertiary/aromatic N) is 3. The second kappa shape index (κ2) is 12.1. The normalized spacial score (nSPS) is 15.6. The Bertz CT molecular complexity index is 1300. The quantitative estimate of drug-likeness (QED) is 0.491. The summed E-state index contributed by atoms with van der Waals surface area (Å²) in [6.07, 6.45) is 0. The van der Waals surface area contributed by atoms with Crippen molar-refractivity contribution in [3.63, 3.8) is 0 Å². The number of amides is 3. The van der Waals surface area contributed by atoms with Gasteiger partial charge in [0.2, 0.25) is 0 Å². The third-order valence-electron chi connectivity index (χ3n) is 7.20. The number of anilines is 4. The molecule has 3 aromatic carbocycles. The van der Waals surface area contributed by atoms with E-state index >= 15 is 0 Å². The van der Waals surface area contributed by atoms with Gasteiger partial charge in [-0.25, -0.2) is 4.79 Å². The number of piperazine rings is 1. The standard InChI is InChI=1S/C30H35N5O4/c1-22-6-7-23(29(36)31-24-8-10-26(11-9-24)33-16-18-39-19-17-33)20-28(22)34-12-14-35(15-13-34)30(37)32-25-4-3-5-27(21-25)38-2/h3-11,20-21H,12-19H2,1-2H3,(H,31,36)(H,32,37). The number of hydrogen-bond acceptors (Lipinski definition) is 6. The minimum Gasteiger partial charge on any atom is -0.497 e. The molecule has 9 heteroatoms. The number of nitrogens with one attached hydrogen (secondary N) is 2. The summed E-state index contributed by atoms with van der Waals surface area (Å²) in [5.41, 5.74) is 5.30. The largest absolute Gasteiger partial charge is 0.497 e. The predicted octanol–water partition coefficient (Wildman–Crippen LogP) is 4.45. The highest BCUT2D eigenvalue weighted by Gasteiger charge is 2.23. The summed E-state index contributed by atoms with van der Waals surface area (Å²) in [5.74, 6) is 0.550. The molecule has 2 saturated heterocycles. The van der Waals surface area contributed by atoms with Gasteiger partial charge in [-0.2, -0.15) is 0 Å². The molecule has 2 aliphatic heterocycles. The molecule has 204 valence electrons. The van der Waals surface area contributed by atoms with E-state index in [0.29, 0.717) is 43.2 Å².